The SMILES string of the molecule is NC(=O)CN(CCCC(N)=S)C1CCCC1. The van der Waals surface area contributed by atoms with Crippen LogP contribution in [0.2, 0.25) is 0 Å². The van der Waals surface area contributed by atoms with Crippen molar-refractivity contribution in [1.82, 2.24) is 4.90 Å². The molecule has 1 fully saturated rings. The molecular formula is C11H21N3OS. The Morgan fingerprint density at radius 3 is 2.44 bits per heavy atom. The summed E-state index contributed by atoms with van der Waals surface area (Å²) in [6, 6.07) is 0.527. The van der Waals surface area contributed by atoms with Crippen LogP contribution in [0.15, 0.2) is 0 Å². The molecule has 4 nitrogen and oxygen atoms in total. The van der Waals surface area contributed by atoms with Crippen LogP contribution in [0.1, 0.15) is 38.5 Å². The van der Waals surface area contributed by atoms with Gasteiger partial charge in [-0.15, -0.1) is 0 Å². The zero-order chi connectivity index (χ0) is 12.0. The molecule has 0 bridgehead atoms. The van der Waals surface area contributed by atoms with E-state index in [9.17, 15) is 4.79 Å². The van der Waals surface area contributed by atoms with Crippen LogP contribution in [0.25, 0.3) is 0 Å². The van der Waals surface area contributed by atoms with Crippen LogP contribution in [0, 0.1) is 0 Å². The maximum Gasteiger partial charge on any atom is 0.231 e. The summed E-state index contributed by atoms with van der Waals surface area (Å²) in [6.07, 6.45) is 6.54. The van der Waals surface area contributed by atoms with Crippen molar-refractivity contribution in [3.05, 3.63) is 0 Å². The summed E-state index contributed by atoms with van der Waals surface area (Å²) >= 11 is 4.84. The Balaban J connectivity index is 2.36. The Bertz CT molecular complexity index is 252. The number of hydrogen-bond acceptors (Lipinski definition) is 3. The Kier molecular flexibility index (Phi) is 5.69. The molecule has 0 saturated heterocycles. The lowest BCUT2D eigenvalue weighted by Crippen LogP contribution is -2.40. The van der Waals surface area contributed by atoms with E-state index in [-0.39, 0.29) is 5.91 Å². The van der Waals surface area contributed by atoms with E-state index in [4.69, 9.17) is 23.7 Å². The molecule has 1 aliphatic rings. The third kappa shape index (κ3) is 4.90. The number of amides is 1. The Hall–Kier alpha value is -0.680. The predicted molar refractivity (Wildman–Crippen MR) is 69.0 cm³/mol. The van der Waals surface area contributed by atoms with E-state index < -0.39 is 0 Å². The maximum absolute atomic E-state index is 11.0. The van der Waals surface area contributed by atoms with Gasteiger partial charge in [-0.1, -0.05) is 25.1 Å². The monoisotopic (exact) mass is 243 g/mol. The summed E-state index contributed by atoms with van der Waals surface area (Å²) in [5, 5.41) is 0. The molecule has 0 aromatic carbocycles. The molecule has 0 aromatic heterocycles. The van der Waals surface area contributed by atoms with Crippen molar-refractivity contribution in [1.29, 1.82) is 0 Å². The van der Waals surface area contributed by atoms with Crippen LogP contribution in [0.5, 0.6) is 0 Å². The van der Waals surface area contributed by atoms with Gasteiger partial charge in [-0.25, -0.2) is 0 Å². The first-order valence-electron chi connectivity index (χ1n) is 5.90. The van der Waals surface area contributed by atoms with Gasteiger partial charge in [0.05, 0.1) is 11.5 Å². The first-order valence-corrected chi connectivity index (χ1v) is 6.31. The minimum absolute atomic E-state index is 0.248. The highest BCUT2D eigenvalue weighted by Crippen LogP contribution is 2.23. The van der Waals surface area contributed by atoms with Gasteiger partial charge in [-0.3, -0.25) is 9.69 Å². The molecule has 0 radical (unpaired) electrons. The van der Waals surface area contributed by atoms with Gasteiger partial charge in [0.1, 0.15) is 0 Å². The summed E-state index contributed by atoms with van der Waals surface area (Å²) in [5.41, 5.74) is 10.7. The first-order chi connectivity index (χ1) is 7.59. The maximum atomic E-state index is 11.0. The minimum Gasteiger partial charge on any atom is -0.393 e. The largest absolute Gasteiger partial charge is 0.393 e. The van der Waals surface area contributed by atoms with E-state index in [0.29, 0.717) is 17.6 Å². The number of carbonyl (C=O) groups excluding carboxylic acids is 1. The number of nitrogens with two attached hydrogens (primary N) is 2. The molecule has 0 aromatic rings. The molecule has 4 N–H and O–H groups in total. The van der Waals surface area contributed by atoms with Gasteiger partial charge < -0.3 is 11.5 Å². The molecule has 16 heavy (non-hydrogen) atoms. The molecule has 0 heterocycles. The molecule has 0 aliphatic heterocycles. The Morgan fingerprint density at radius 1 is 1.31 bits per heavy atom. The van der Waals surface area contributed by atoms with Crippen LogP contribution in [-0.2, 0) is 4.79 Å². The predicted octanol–water partition coefficient (Wildman–Crippen LogP) is 0.783. The van der Waals surface area contributed by atoms with Crippen LogP contribution >= 0.6 is 12.2 Å². The van der Waals surface area contributed by atoms with Gasteiger partial charge in [-0.2, -0.15) is 0 Å². The summed E-state index contributed by atoms with van der Waals surface area (Å²) in [6.45, 7) is 1.23. The van der Waals surface area contributed by atoms with Crippen molar-refractivity contribution in [3.63, 3.8) is 0 Å². The van der Waals surface area contributed by atoms with E-state index in [2.05, 4.69) is 4.90 Å². The van der Waals surface area contributed by atoms with Crippen molar-refractivity contribution >= 4 is 23.1 Å². The molecule has 1 amide bonds. The second-order valence-corrected chi connectivity index (χ2v) is 4.97. The number of thiocarbonyl (C=S) groups is 1. The van der Waals surface area contributed by atoms with Gasteiger partial charge >= 0.3 is 0 Å². The highest BCUT2D eigenvalue weighted by Gasteiger charge is 2.23. The molecule has 0 spiro atoms. The summed E-state index contributed by atoms with van der Waals surface area (Å²) in [7, 11) is 0. The van der Waals surface area contributed by atoms with Crippen molar-refractivity contribution in [2.24, 2.45) is 11.5 Å². The topological polar surface area (TPSA) is 72.4 Å². The fourth-order valence-corrected chi connectivity index (χ4v) is 2.46. The quantitative estimate of drug-likeness (QED) is 0.648. The highest BCUT2D eigenvalue weighted by molar-refractivity contribution is 7.80. The average molecular weight is 243 g/mol. The standard InChI is InChI=1S/C11H21N3OS/c12-10(15)8-14(7-3-6-11(13)16)9-4-1-2-5-9/h9H,1-8H2,(H2,12,15)(H2,13,16). The molecular weight excluding hydrogens is 222 g/mol. The smallest absolute Gasteiger partial charge is 0.231 e. The molecule has 1 saturated carbocycles. The van der Waals surface area contributed by atoms with Gasteiger partial charge in [0.2, 0.25) is 5.91 Å². The molecule has 5 heteroatoms. The van der Waals surface area contributed by atoms with Crippen LogP contribution in [0.4, 0.5) is 0 Å². The van der Waals surface area contributed by atoms with Gasteiger partial charge in [-0.05, 0) is 32.2 Å². The van der Waals surface area contributed by atoms with Crippen molar-refractivity contribution in [3.8, 4) is 0 Å². The van der Waals surface area contributed by atoms with Gasteiger partial charge in [0.15, 0.2) is 0 Å². The molecule has 1 aliphatic carbocycles. The van der Waals surface area contributed by atoms with E-state index in [1.807, 2.05) is 0 Å². The van der Waals surface area contributed by atoms with Crippen LogP contribution in [-0.4, -0.2) is 34.9 Å². The summed E-state index contributed by atoms with van der Waals surface area (Å²) in [5.74, 6) is -0.248. The van der Waals surface area contributed by atoms with Gasteiger partial charge in [0.25, 0.3) is 0 Å². The highest BCUT2D eigenvalue weighted by atomic mass is 32.1. The fraction of sp³-hybridized carbons (Fsp3) is 0.818. The molecule has 0 atom stereocenters. The van der Waals surface area contributed by atoms with Crippen molar-refractivity contribution in [2.45, 2.75) is 44.6 Å². The van der Waals surface area contributed by atoms with Crippen LogP contribution in [0.3, 0.4) is 0 Å². The Morgan fingerprint density at radius 2 is 1.94 bits per heavy atom. The summed E-state index contributed by atoms with van der Waals surface area (Å²) in [4.78, 5) is 13.7. The number of rotatable bonds is 7. The van der Waals surface area contributed by atoms with Crippen LogP contribution < -0.4 is 11.5 Å². The van der Waals surface area contributed by atoms with E-state index in [0.717, 1.165) is 19.4 Å². The lowest BCUT2D eigenvalue weighted by Gasteiger charge is -2.27. The van der Waals surface area contributed by atoms with E-state index in [1.54, 1.807) is 0 Å². The van der Waals surface area contributed by atoms with E-state index >= 15 is 0 Å². The van der Waals surface area contributed by atoms with Crippen molar-refractivity contribution in [2.75, 3.05) is 13.1 Å². The lowest BCUT2D eigenvalue weighted by molar-refractivity contribution is -0.119. The second kappa shape index (κ2) is 6.81. The Labute approximate surface area is 102 Å². The zero-order valence-electron chi connectivity index (χ0n) is 9.65. The second-order valence-electron chi connectivity index (χ2n) is 4.44. The lowest BCUT2D eigenvalue weighted by atomic mass is 10.2. The third-order valence-electron chi connectivity index (χ3n) is 3.07. The molecule has 0 unspecified atom stereocenters. The van der Waals surface area contributed by atoms with E-state index in [1.165, 1.54) is 25.7 Å². The normalized spacial score (nSPS) is 16.8. The molecule has 92 valence electrons. The van der Waals surface area contributed by atoms with Crippen molar-refractivity contribution < 1.29 is 4.79 Å². The average Bonchev–Trinajstić information content (AvgIpc) is 2.67. The number of hydrogen-bond donors (Lipinski definition) is 2. The van der Waals surface area contributed by atoms with Gasteiger partial charge in [0, 0.05) is 6.04 Å². The number of nitrogens with zero attached hydrogens (tertiary/aromatic N) is 1. The molecule has 1 rings (SSSR count). The zero-order valence-corrected chi connectivity index (χ0v) is 10.5. The number of primary amides is 1. The first kappa shape index (κ1) is 13.4. The summed E-state index contributed by atoms with van der Waals surface area (Å²) < 4.78 is 0. The third-order valence-corrected chi connectivity index (χ3v) is 3.27. The number of carbonyl (C=O) groups is 1. The fourth-order valence-electron chi connectivity index (χ4n) is 2.32. The minimum atomic E-state index is -0.248.